The van der Waals surface area contributed by atoms with Crippen LogP contribution in [0.15, 0.2) is 59.7 Å². The van der Waals surface area contributed by atoms with E-state index in [0.29, 0.717) is 17.5 Å². The zero-order valence-electron chi connectivity index (χ0n) is 27.7. The van der Waals surface area contributed by atoms with Gasteiger partial charge in [0.1, 0.15) is 11.5 Å². The van der Waals surface area contributed by atoms with E-state index < -0.39 is 0 Å². The first-order chi connectivity index (χ1) is 22.8. The van der Waals surface area contributed by atoms with E-state index in [1.807, 2.05) is 49.6 Å². The number of amides is 1. The molecule has 2 aliphatic heterocycles. The molecule has 0 atom stereocenters. The molecule has 47 heavy (non-hydrogen) atoms. The molecule has 2 fully saturated rings. The zero-order chi connectivity index (χ0) is 32.5. The third kappa shape index (κ3) is 6.86. The molecule has 0 saturated carbocycles. The Morgan fingerprint density at radius 3 is 2.47 bits per heavy atom. The van der Waals surface area contributed by atoms with Gasteiger partial charge in [-0.25, -0.2) is 4.98 Å². The maximum atomic E-state index is 13.2. The smallest absolute Gasteiger partial charge is 0.274 e. The largest absolute Gasteiger partial charge is 0.370 e. The minimum Gasteiger partial charge on any atom is -0.370 e. The summed E-state index contributed by atoms with van der Waals surface area (Å²) in [4.78, 5) is 40.7. The molecule has 2 N–H and O–H groups in total. The molecular weight excluding hydrogens is 607 g/mol. The first-order valence-corrected chi connectivity index (χ1v) is 17.8. The number of nitrogens with one attached hydrogen (secondary N) is 2. The summed E-state index contributed by atoms with van der Waals surface area (Å²) in [7, 11) is 3.97. The normalized spacial score (nSPS) is 17.8. The molecule has 7 rings (SSSR count). The monoisotopic (exact) mass is 651 g/mol. The van der Waals surface area contributed by atoms with Crippen molar-refractivity contribution in [3.63, 3.8) is 0 Å². The lowest BCUT2D eigenvalue weighted by atomic mass is 9.99. The van der Waals surface area contributed by atoms with Gasteiger partial charge in [-0.2, -0.15) is 0 Å². The van der Waals surface area contributed by atoms with Crippen molar-refractivity contribution in [1.29, 1.82) is 0 Å². The van der Waals surface area contributed by atoms with E-state index in [2.05, 4.69) is 44.5 Å². The number of anilines is 4. The maximum absolute atomic E-state index is 13.2. The number of piperidine rings is 1. The van der Waals surface area contributed by atoms with Gasteiger partial charge in [-0.15, -0.1) is 11.3 Å². The number of thiophene rings is 1. The molecule has 1 aliphatic carbocycles. The molecule has 0 unspecified atom stereocenters. The highest BCUT2D eigenvalue weighted by atomic mass is 32.1. The molecule has 9 nitrogen and oxygen atoms in total. The van der Waals surface area contributed by atoms with Gasteiger partial charge < -0.3 is 25.0 Å². The molecule has 5 heterocycles. The second kappa shape index (κ2) is 13.6. The second-order valence-corrected chi connectivity index (χ2v) is 14.5. The number of piperazine rings is 1. The van der Waals surface area contributed by atoms with Crippen molar-refractivity contribution in [3.05, 3.63) is 86.1 Å². The van der Waals surface area contributed by atoms with Gasteiger partial charge in [0, 0.05) is 74.7 Å². The van der Waals surface area contributed by atoms with Crippen LogP contribution >= 0.6 is 11.3 Å². The van der Waals surface area contributed by atoms with Crippen LogP contribution in [0, 0.1) is 6.92 Å². The summed E-state index contributed by atoms with van der Waals surface area (Å²) in [6, 6.07) is 14.6. The predicted molar refractivity (Wildman–Crippen MR) is 193 cm³/mol. The molecule has 1 aromatic carbocycles. The number of benzene rings is 1. The van der Waals surface area contributed by atoms with Crippen molar-refractivity contribution in [1.82, 2.24) is 19.4 Å². The van der Waals surface area contributed by atoms with E-state index in [-0.39, 0.29) is 11.5 Å². The van der Waals surface area contributed by atoms with Gasteiger partial charge in [0.2, 0.25) is 0 Å². The average Bonchev–Trinajstić information content (AvgIpc) is 3.53. The van der Waals surface area contributed by atoms with Crippen LogP contribution in [0.25, 0.3) is 11.1 Å². The predicted octanol–water partition coefficient (Wildman–Crippen LogP) is 5.91. The maximum Gasteiger partial charge on any atom is 0.274 e. The number of carbonyl (C=O) groups excluding carboxylic acids is 1. The number of carbonyl (C=O) groups is 1. The van der Waals surface area contributed by atoms with Gasteiger partial charge in [-0.05, 0) is 99.5 Å². The van der Waals surface area contributed by atoms with Crippen LogP contribution in [-0.4, -0.2) is 77.6 Å². The number of fused-ring (bicyclic) bond motifs is 1. The minimum absolute atomic E-state index is 0.0682. The number of likely N-dealkylation sites (N-methyl/N-ethyl adjacent to an activating group) is 1. The summed E-state index contributed by atoms with van der Waals surface area (Å²) in [5.74, 6) is 0.563. The molecule has 1 amide bonds. The number of rotatable bonds is 7. The van der Waals surface area contributed by atoms with Crippen molar-refractivity contribution in [2.24, 2.45) is 7.05 Å². The Hall–Kier alpha value is -3.99. The first kappa shape index (κ1) is 31.6. The number of pyridine rings is 2. The van der Waals surface area contributed by atoms with E-state index in [0.717, 1.165) is 72.0 Å². The molecular formula is C37H45N7O2S. The van der Waals surface area contributed by atoms with Crippen LogP contribution in [0.4, 0.5) is 22.9 Å². The van der Waals surface area contributed by atoms with Gasteiger partial charge >= 0.3 is 0 Å². The van der Waals surface area contributed by atoms with Crippen molar-refractivity contribution in [2.45, 2.75) is 51.5 Å². The van der Waals surface area contributed by atoms with Crippen LogP contribution in [0.2, 0.25) is 0 Å². The van der Waals surface area contributed by atoms with Crippen LogP contribution in [-0.2, 0) is 19.9 Å². The van der Waals surface area contributed by atoms with Crippen molar-refractivity contribution in [2.75, 3.05) is 61.8 Å². The molecule has 4 aromatic rings. The third-order valence-electron chi connectivity index (χ3n) is 10.2. The van der Waals surface area contributed by atoms with E-state index in [1.54, 1.807) is 23.0 Å². The summed E-state index contributed by atoms with van der Waals surface area (Å²) in [5.41, 5.74) is 6.33. The van der Waals surface area contributed by atoms with Gasteiger partial charge in [-0.3, -0.25) is 14.5 Å². The highest BCUT2D eigenvalue weighted by Gasteiger charge is 2.27. The van der Waals surface area contributed by atoms with Crippen molar-refractivity contribution in [3.8, 4) is 11.1 Å². The van der Waals surface area contributed by atoms with Crippen LogP contribution in [0.1, 0.15) is 51.4 Å². The molecule has 0 radical (unpaired) electrons. The lowest BCUT2D eigenvalue weighted by Gasteiger charge is -2.42. The molecule has 246 valence electrons. The summed E-state index contributed by atoms with van der Waals surface area (Å²) < 4.78 is 1.59. The fourth-order valence-electron chi connectivity index (χ4n) is 7.28. The standard InChI is InChI=1S/C37H45N7O2S/c1-25-30(8-6-9-31(25)40-36(45)34-22-26-7-4-5-10-33(26)47-34)27-21-32(37(46)42(3)24-27)39-35-12-11-29(23-38-35)43-15-13-28(14-16-43)44-19-17-41(2)18-20-44/h6,8-9,11-12,21-24,28H,4-5,7,10,13-20H2,1-3H3,(H,38,39)(H,40,45). The van der Waals surface area contributed by atoms with Crippen LogP contribution in [0.5, 0.6) is 0 Å². The SMILES string of the molecule is Cc1c(NC(=O)c2cc3c(s2)CCCC3)cccc1-c1cc(Nc2ccc(N3CCC(N4CCN(C)CC4)CC3)cn2)c(=O)n(C)c1. The molecule has 3 aromatic heterocycles. The van der Waals surface area contributed by atoms with E-state index in [9.17, 15) is 9.59 Å². The quantitative estimate of drug-likeness (QED) is 0.257. The highest BCUT2D eigenvalue weighted by Crippen LogP contribution is 2.33. The lowest BCUT2D eigenvalue weighted by molar-refractivity contribution is 0.0982. The summed E-state index contributed by atoms with van der Waals surface area (Å²) in [6.45, 7) is 8.73. The summed E-state index contributed by atoms with van der Waals surface area (Å²) in [5, 5.41) is 6.42. The Labute approximate surface area is 281 Å². The van der Waals surface area contributed by atoms with Gasteiger partial charge in [-0.1, -0.05) is 12.1 Å². The minimum atomic E-state index is -0.130. The summed E-state index contributed by atoms with van der Waals surface area (Å²) in [6.07, 6.45) is 10.6. The fourth-order valence-corrected chi connectivity index (χ4v) is 8.43. The zero-order valence-corrected chi connectivity index (χ0v) is 28.5. The van der Waals surface area contributed by atoms with Gasteiger partial charge in [0.15, 0.2) is 0 Å². The number of aromatic nitrogens is 2. The molecule has 2 saturated heterocycles. The second-order valence-electron chi connectivity index (χ2n) is 13.3. The van der Waals surface area contributed by atoms with Crippen molar-refractivity contribution < 1.29 is 4.79 Å². The lowest BCUT2D eigenvalue weighted by Crippen LogP contribution is -2.52. The Morgan fingerprint density at radius 1 is 0.936 bits per heavy atom. The first-order valence-electron chi connectivity index (χ1n) is 17.0. The summed E-state index contributed by atoms with van der Waals surface area (Å²) >= 11 is 1.62. The average molecular weight is 652 g/mol. The van der Waals surface area contributed by atoms with E-state index in [4.69, 9.17) is 4.98 Å². The molecule has 0 bridgehead atoms. The van der Waals surface area contributed by atoms with Crippen molar-refractivity contribution >= 4 is 40.1 Å². The van der Waals surface area contributed by atoms with Crippen LogP contribution < -0.4 is 21.1 Å². The van der Waals surface area contributed by atoms with Gasteiger partial charge in [0.05, 0.1) is 16.8 Å². The Kier molecular flexibility index (Phi) is 9.16. The van der Waals surface area contributed by atoms with E-state index >= 15 is 0 Å². The number of hydrogen-bond donors (Lipinski definition) is 2. The van der Waals surface area contributed by atoms with Gasteiger partial charge in [0.25, 0.3) is 11.5 Å². The topological polar surface area (TPSA) is 85.7 Å². The molecule has 3 aliphatic rings. The Balaban J connectivity index is 1.03. The molecule has 0 spiro atoms. The number of nitrogens with zero attached hydrogens (tertiary/aromatic N) is 5. The highest BCUT2D eigenvalue weighted by molar-refractivity contribution is 7.14. The van der Waals surface area contributed by atoms with Crippen LogP contribution in [0.3, 0.4) is 0 Å². The third-order valence-corrected chi connectivity index (χ3v) is 11.4. The van der Waals surface area contributed by atoms with E-state index in [1.165, 1.54) is 49.2 Å². The fraction of sp³-hybridized carbons (Fsp3) is 0.432. The Bertz CT molecular complexity index is 1770. The Morgan fingerprint density at radius 2 is 1.72 bits per heavy atom. The number of hydrogen-bond acceptors (Lipinski definition) is 8. The molecule has 10 heteroatoms. The number of aryl methyl sites for hydroxylation is 3.